The number of rotatable bonds is 81. The van der Waals surface area contributed by atoms with Crippen LogP contribution in [0.15, 0.2) is 35.4 Å². The molecule has 0 aliphatic carbocycles. The predicted octanol–water partition coefficient (Wildman–Crippen LogP) is 3.09. The third kappa shape index (κ3) is 48.2. The summed E-state index contributed by atoms with van der Waals surface area (Å²) in [5, 5.41) is 3.69. The van der Waals surface area contributed by atoms with Crippen molar-refractivity contribution in [1.82, 2.24) is 24.8 Å². The zero-order valence-corrected chi connectivity index (χ0v) is 65.1. The fraction of sp³-hybridized carbons (Fsp3) is 0.797. The maximum Gasteiger partial charge on any atom is 0.256 e. The quantitative estimate of drug-likeness (QED) is 0.0605. The Labute approximate surface area is 637 Å². The van der Waals surface area contributed by atoms with Crippen LogP contribution in [0.3, 0.4) is 0 Å². The van der Waals surface area contributed by atoms with Gasteiger partial charge in [-0.15, -0.1) is 0 Å². The molecule has 2 aromatic heterocycles. The van der Waals surface area contributed by atoms with Gasteiger partial charge in [0, 0.05) is 42.6 Å². The van der Waals surface area contributed by atoms with Crippen molar-refractivity contribution in [2.45, 2.75) is 59.8 Å². The van der Waals surface area contributed by atoms with E-state index in [0.717, 1.165) is 27.1 Å². The number of amides is 3. The molecule has 0 bridgehead atoms. The van der Waals surface area contributed by atoms with Gasteiger partial charge in [0.25, 0.3) is 11.8 Å². The van der Waals surface area contributed by atoms with Crippen LogP contribution in [0.2, 0.25) is 0 Å². The number of anilines is 1. The van der Waals surface area contributed by atoms with Crippen LogP contribution in [0, 0.1) is 0 Å². The van der Waals surface area contributed by atoms with E-state index >= 15 is 0 Å². The molecule has 0 spiro atoms. The Morgan fingerprint density at radius 2 is 0.676 bits per heavy atom. The summed E-state index contributed by atoms with van der Waals surface area (Å²) in [6.07, 6.45) is 0.0421. The normalized spacial score (nSPS) is 12.8. The van der Waals surface area contributed by atoms with Crippen molar-refractivity contribution >= 4 is 45.5 Å². The molecule has 0 fully saturated rings. The van der Waals surface area contributed by atoms with Crippen LogP contribution in [0.5, 0.6) is 0 Å². The van der Waals surface area contributed by atoms with Crippen molar-refractivity contribution in [2.75, 3.05) is 336 Å². The zero-order valence-electron chi connectivity index (χ0n) is 65.1. The summed E-state index contributed by atoms with van der Waals surface area (Å²) in [6, 6.07) is 7.93. The first kappa shape index (κ1) is 95.6. The Morgan fingerprint density at radius 1 is 0.398 bits per heavy atom. The smallest absolute Gasteiger partial charge is 0.256 e. The van der Waals surface area contributed by atoms with E-state index in [0.29, 0.717) is 359 Å². The molecule has 622 valence electrons. The molecule has 0 radical (unpaired) electrons. The molecule has 0 saturated carbocycles. The minimum Gasteiger partial charge on any atom is -0.382 e. The van der Waals surface area contributed by atoms with Crippen LogP contribution >= 0.6 is 0 Å². The number of pyridine rings is 1. The van der Waals surface area contributed by atoms with E-state index in [1.165, 1.54) is 0 Å². The summed E-state index contributed by atoms with van der Waals surface area (Å²) in [5.74, 6) is 0.235. The van der Waals surface area contributed by atoms with Gasteiger partial charge >= 0.3 is 0 Å². The van der Waals surface area contributed by atoms with Crippen molar-refractivity contribution in [2.24, 2.45) is 0 Å². The maximum atomic E-state index is 12.1. The van der Waals surface area contributed by atoms with Gasteiger partial charge in [0.1, 0.15) is 17.9 Å². The Balaban J connectivity index is 0.713. The van der Waals surface area contributed by atoms with Gasteiger partial charge in [-0.1, -0.05) is 18.2 Å². The molecule has 108 heavy (non-hydrogen) atoms. The van der Waals surface area contributed by atoms with Gasteiger partial charge in [-0.3, -0.25) is 19.3 Å². The lowest BCUT2D eigenvalue weighted by atomic mass is 10.1. The molecular formula is C74H128N6O28. The number of imide groups is 1. The number of nitrogens with two attached hydrogens (primary N) is 1. The third-order valence-corrected chi connectivity index (χ3v) is 15.4. The number of nitrogen functional groups attached to an aromatic ring is 1. The molecule has 1 aliphatic rings. The van der Waals surface area contributed by atoms with Gasteiger partial charge in [0.2, 0.25) is 5.91 Å². The van der Waals surface area contributed by atoms with Gasteiger partial charge in [0.05, 0.1) is 334 Å². The lowest BCUT2D eigenvalue weighted by Gasteiger charge is -2.27. The van der Waals surface area contributed by atoms with Crippen LogP contribution in [-0.4, -0.2) is 373 Å². The zero-order chi connectivity index (χ0) is 77.1. The van der Waals surface area contributed by atoms with Gasteiger partial charge < -0.3 is 134 Å². The summed E-state index contributed by atoms with van der Waals surface area (Å²) >= 11 is 0. The molecule has 3 aromatic rings. The maximum absolute atomic E-state index is 12.1. The number of hydrogen-bond donors (Lipinski definition) is 2. The van der Waals surface area contributed by atoms with Gasteiger partial charge in [0.15, 0.2) is 5.82 Å². The number of carbonyl (C=O) groups excluding carboxylic acids is 3. The Hall–Kier alpha value is -4.75. The predicted molar refractivity (Wildman–Crippen MR) is 396 cm³/mol. The number of nitrogens with zero attached hydrogens (tertiary/aromatic N) is 4. The molecule has 34 heteroatoms. The summed E-state index contributed by atoms with van der Waals surface area (Å²) in [6.45, 7) is 32.6. The van der Waals surface area contributed by atoms with E-state index in [-0.39, 0.29) is 30.7 Å². The monoisotopic (exact) mass is 1550 g/mol. The molecule has 3 heterocycles. The van der Waals surface area contributed by atoms with Crippen LogP contribution < -0.4 is 11.1 Å². The van der Waals surface area contributed by atoms with Gasteiger partial charge in [-0.05, 0) is 40.7 Å². The van der Waals surface area contributed by atoms with E-state index in [2.05, 4.69) is 28.7 Å². The standard InChI is InChI=1S/C74H128N6O28/c1-6-84-61-67-78-69-70(65-9-7-8-10-66(65)77-71(69)75)80(67)62-74(4,5)108-60-59-107-58-57-106-56-55-105-54-53-104-52-51-103-50-49-102-48-47-101-46-45-100-44-43-99-42-41-98-40-39-97-38-37-96-36-35-95-34-33-94-32-31-93-30-29-92-28-27-91-26-25-90-24-23-89-22-21-88-20-19-87-18-17-86-16-15-85-14-12-76-68(81)11-13-79-72(82)63(2)64(3)73(79)83/h7-10H,6,11-62H2,1-5H3,(H2,75,77)(H,76,81). The molecule has 1 aliphatic heterocycles. The first-order chi connectivity index (χ1) is 53.0. The van der Waals surface area contributed by atoms with E-state index < -0.39 is 5.60 Å². The minimum atomic E-state index is -0.527. The van der Waals surface area contributed by atoms with Crippen molar-refractivity contribution in [3.8, 4) is 0 Å². The summed E-state index contributed by atoms with van der Waals surface area (Å²) < 4.78 is 142. The number of benzene rings is 1. The van der Waals surface area contributed by atoms with E-state index in [1.54, 1.807) is 13.8 Å². The molecule has 3 amide bonds. The molecule has 0 atom stereocenters. The second kappa shape index (κ2) is 66.8. The number of nitrogens with one attached hydrogen (secondary N) is 1. The average molecular weight is 1550 g/mol. The number of ether oxygens (including phenoxy) is 25. The van der Waals surface area contributed by atoms with Gasteiger partial charge in [-0.25, -0.2) is 9.97 Å². The number of hydrogen-bond acceptors (Lipinski definition) is 31. The van der Waals surface area contributed by atoms with Crippen molar-refractivity contribution in [3.63, 3.8) is 0 Å². The highest BCUT2D eigenvalue weighted by Gasteiger charge is 2.33. The topological polar surface area (TPSA) is 354 Å². The first-order valence-electron chi connectivity index (χ1n) is 37.9. The highest BCUT2D eigenvalue weighted by atomic mass is 16.6. The second-order valence-corrected chi connectivity index (χ2v) is 24.3. The highest BCUT2D eigenvalue weighted by molar-refractivity contribution is 6.18. The van der Waals surface area contributed by atoms with Crippen LogP contribution in [0.4, 0.5) is 5.82 Å². The lowest BCUT2D eigenvalue weighted by Crippen LogP contribution is -2.36. The number of aromatic nitrogens is 3. The fourth-order valence-corrected chi connectivity index (χ4v) is 9.71. The summed E-state index contributed by atoms with van der Waals surface area (Å²) in [5.41, 5.74) is 9.08. The van der Waals surface area contributed by atoms with Crippen molar-refractivity contribution in [3.05, 3.63) is 41.2 Å². The Bertz CT molecular complexity index is 2700. The average Bonchev–Trinajstić information content (AvgIpc) is 1.59. The Kier molecular flexibility index (Phi) is 59.2. The molecule has 34 nitrogen and oxygen atoms in total. The SMILES string of the molecule is CCOCc1nc2c(N)nc3ccccc3c2n1CC(C)(C)OCCOCCOCCOCCOCCOCCOCCOCCOCCOCCOCCOCCOCCOCCOCCOCCOCCOCCOCCOCCOCCOCCOCCOCCNC(=O)CCN1C(=O)C(C)=C(C)C1=O. The van der Waals surface area contributed by atoms with Crippen LogP contribution in [0.1, 0.15) is 46.9 Å². The number of fused-ring (bicyclic) bond motifs is 3. The molecule has 0 unspecified atom stereocenters. The molecule has 3 N–H and O–H groups in total. The number of para-hydroxylation sites is 1. The highest BCUT2D eigenvalue weighted by Crippen LogP contribution is 2.31. The summed E-state index contributed by atoms with van der Waals surface area (Å²) in [4.78, 5) is 46.7. The van der Waals surface area contributed by atoms with Crippen molar-refractivity contribution < 1.29 is 133 Å². The third-order valence-electron chi connectivity index (χ3n) is 15.4. The largest absolute Gasteiger partial charge is 0.382 e. The second-order valence-electron chi connectivity index (χ2n) is 24.3. The lowest BCUT2D eigenvalue weighted by molar-refractivity contribution is -0.138. The minimum absolute atomic E-state index is 0.0421. The molecule has 4 rings (SSSR count). The number of carbonyl (C=O) groups is 3. The van der Waals surface area contributed by atoms with Gasteiger partial charge in [-0.2, -0.15) is 0 Å². The van der Waals surface area contributed by atoms with E-state index in [9.17, 15) is 14.4 Å². The van der Waals surface area contributed by atoms with Crippen LogP contribution in [-0.2, 0) is 146 Å². The molecule has 1 aromatic carbocycles. The molecule has 0 saturated heterocycles. The van der Waals surface area contributed by atoms with Crippen molar-refractivity contribution in [1.29, 1.82) is 0 Å². The number of imidazole rings is 1. The Morgan fingerprint density at radius 3 is 0.972 bits per heavy atom. The fourth-order valence-electron chi connectivity index (χ4n) is 9.71. The van der Waals surface area contributed by atoms with E-state index in [4.69, 9.17) is 129 Å². The molecular weight excluding hydrogens is 1420 g/mol. The van der Waals surface area contributed by atoms with E-state index in [1.807, 2.05) is 31.2 Å². The summed E-state index contributed by atoms with van der Waals surface area (Å²) in [7, 11) is 0. The van der Waals surface area contributed by atoms with Crippen LogP contribution in [0.25, 0.3) is 21.9 Å². The first-order valence-corrected chi connectivity index (χ1v) is 37.9.